The van der Waals surface area contributed by atoms with Crippen molar-refractivity contribution in [2.24, 2.45) is 0 Å². The van der Waals surface area contributed by atoms with Crippen molar-refractivity contribution >= 4 is 39.1 Å². The second kappa shape index (κ2) is 11.7. The van der Waals surface area contributed by atoms with Crippen LogP contribution in [0.3, 0.4) is 0 Å². The highest BCUT2D eigenvalue weighted by molar-refractivity contribution is 6.32. The summed E-state index contributed by atoms with van der Waals surface area (Å²) in [6.45, 7) is 1.47. The van der Waals surface area contributed by atoms with Gasteiger partial charge in [0.2, 0.25) is 0 Å². The van der Waals surface area contributed by atoms with Gasteiger partial charge in [0.05, 0.1) is 27.3 Å². The average molecular weight is 631 g/mol. The molecule has 0 spiro atoms. The second-order valence-corrected chi connectivity index (χ2v) is 11.4. The van der Waals surface area contributed by atoms with Crippen molar-refractivity contribution < 1.29 is 28.1 Å². The number of imidazole rings is 1. The van der Waals surface area contributed by atoms with E-state index >= 15 is 0 Å². The highest BCUT2D eigenvalue weighted by atomic mass is 35.5. The average Bonchev–Trinajstić information content (AvgIpc) is 3.53. The molecule has 0 unspecified atom stereocenters. The van der Waals surface area contributed by atoms with E-state index in [0.29, 0.717) is 22.1 Å². The van der Waals surface area contributed by atoms with Gasteiger partial charge in [-0.1, -0.05) is 17.7 Å². The lowest BCUT2D eigenvalue weighted by atomic mass is 10.1. The van der Waals surface area contributed by atoms with Crippen LogP contribution in [0, 0.1) is 0 Å². The number of H-pyrrole nitrogens is 2. The van der Waals surface area contributed by atoms with Crippen LogP contribution in [0.2, 0.25) is 5.02 Å². The number of anilines is 1. The second-order valence-electron chi connectivity index (χ2n) is 11.0. The SMILES string of the molecule is CN1CCC(n2cc3cc4[nH]c(-c5c(NC[C@@H](O)COc6cccc(C(F)(F)F)c6Cl)cc[nH]c5=O)nc4cc3c2O)CC1. The summed E-state index contributed by atoms with van der Waals surface area (Å²) in [5.41, 5.74) is 0.332. The zero-order valence-corrected chi connectivity index (χ0v) is 24.3. The summed E-state index contributed by atoms with van der Waals surface area (Å²) in [4.78, 5) is 25.6. The molecule has 4 heterocycles. The monoisotopic (exact) mass is 630 g/mol. The van der Waals surface area contributed by atoms with Gasteiger partial charge in [0, 0.05) is 35.8 Å². The molecule has 5 aromatic rings. The molecule has 0 radical (unpaired) electrons. The Balaban J connectivity index is 1.19. The summed E-state index contributed by atoms with van der Waals surface area (Å²) in [7, 11) is 2.09. The number of halogens is 4. The first-order valence-corrected chi connectivity index (χ1v) is 14.4. The molecule has 0 aliphatic carbocycles. The molecule has 1 aliphatic rings. The van der Waals surface area contributed by atoms with Gasteiger partial charge in [0.15, 0.2) is 5.88 Å². The normalized spacial score (nSPS) is 15.7. The van der Waals surface area contributed by atoms with E-state index in [1.165, 1.54) is 18.3 Å². The minimum absolute atomic E-state index is 0.0911. The number of aromatic nitrogens is 4. The number of piperidine rings is 1. The summed E-state index contributed by atoms with van der Waals surface area (Å²) in [6, 6.07) is 8.78. The smallest absolute Gasteiger partial charge is 0.417 e. The third-order valence-electron chi connectivity index (χ3n) is 7.92. The van der Waals surface area contributed by atoms with Crippen molar-refractivity contribution in [1.82, 2.24) is 24.4 Å². The number of ether oxygens (including phenoxy) is 1. The van der Waals surface area contributed by atoms with E-state index in [0.717, 1.165) is 37.4 Å². The Hall–Kier alpha value is -4.20. The number of nitrogens with zero attached hydrogens (tertiary/aromatic N) is 3. The number of fused-ring (bicyclic) bond motifs is 2. The Labute approximate surface area is 254 Å². The highest BCUT2D eigenvalue weighted by Gasteiger charge is 2.34. The molecule has 1 fully saturated rings. The van der Waals surface area contributed by atoms with Crippen LogP contribution in [-0.4, -0.2) is 74.0 Å². The van der Waals surface area contributed by atoms with Gasteiger partial charge in [-0.15, -0.1) is 0 Å². The zero-order valence-electron chi connectivity index (χ0n) is 23.6. The molecule has 10 nitrogen and oxygen atoms in total. The molecule has 1 saturated heterocycles. The van der Waals surface area contributed by atoms with Crippen molar-refractivity contribution in [1.29, 1.82) is 0 Å². The van der Waals surface area contributed by atoms with Gasteiger partial charge < -0.3 is 39.7 Å². The number of aliphatic hydroxyl groups is 1. The predicted octanol–water partition coefficient (Wildman–Crippen LogP) is 5.37. The summed E-state index contributed by atoms with van der Waals surface area (Å²) >= 11 is 5.87. The standard InChI is InChI=1S/C30H30ClF3N6O4/c1-39-9-6-17(7-10-39)40-14-16-11-22-23(12-19(16)29(40)43)38-27(37-22)25-21(5-8-35-28(25)42)36-13-18(41)15-44-24-4-2-3-20(26(24)31)30(32,33)34/h2-5,8,11-12,14,17-18,41,43H,6-7,9-10,13,15H2,1H3,(H,37,38)(H2,35,36,42)/t18-/m1/s1. The number of alkyl halides is 3. The first kappa shape index (κ1) is 29.9. The molecular weight excluding hydrogens is 601 g/mol. The number of benzene rings is 2. The fourth-order valence-electron chi connectivity index (χ4n) is 5.57. The van der Waals surface area contributed by atoms with E-state index < -0.39 is 28.4 Å². The van der Waals surface area contributed by atoms with Crippen molar-refractivity contribution in [2.75, 3.05) is 38.6 Å². The van der Waals surface area contributed by atoms with Gasteiger partial charge in [0.25, 0.3) is 5.56 Å². The molecular formula is C30H30ClF3N6O4. The molecule has 1 aliphatic heterocycles. The van der Waals surface area contributed by atoms with Gasteiger partial charge in [-0.25, -0.2) is 4.98 Å². The van der Waals surface area contributed by atoms with Crippen LogP contribution >= 0.6 is 11.6 Å². The molecule has 6 rings (SSSR count). The molecule has 3 aromatic heterocycles. The van der Waals surface area contributed by atoms with Crippen LogP contribution in [0.5, 0.6) is 11.6 Å². The Morgan fingerprint density at radius 2 is 2.00 bits per heavy atom. The number of aromatic amines is 2. The number of hydrogen-bond acceptors (Lipinski definition) is 7. The maximum absolute atomic E-state index is 13.1. The van der Waals surface area contributed by atoms with Crippen LogP contribution in [0.1, 0.15) is 24.4 Å². The summed E-state index contributed by atoms with van der Waals surface area (Å²) in [6.07, 6.45) is -0.536. The number of pyridine rings is 1. The minimum Gasteiger partial charge on any atom is -0.494 e. The lowest BCUT2D eigenvalue weighted by molar-refractivity contribution is -0.137. The fourth-order valence-corrected chi connectivity index (χ4v) is 5.86. The van der Waals surface area contributed by atoms with Gasteiger partial charge >= 0.3 is 6.18 Å². The molecule has 5 N–H and O–H groups in total. The quantitative estimate of drug-likeness (QED) is 0.156. The Morgan fingerprint density at radius 3 is 2.75 bits per heavy atom. The van der Waals surface area contributed by atoms with Gasteiger partial charge in [-0.3, -0.25) is 4.79 Å². The first-order valence-electron chi connectivity index (χ1n) is 14.0. The molecule has 0 bridgehead atoms. The molecule has 14 heteroatoms. The topological polar surface area (TPSA) is 131 Å². The third-order valence-corrected chi connectivity index (χ3v) is 8.31. The summed E-state index contributed by atoms with van der Waals surface area (Å²) in [5, 5.41) is 25.4. The Bertz CT molecular complexity index is 1880. The number of rotatable bonds is 8. The Kier molecular flexibility index (Phi) is 7.95. The summed E-state index contributed by atoms with van der Waals surface area (Å²) in [5.74, 6) is 0.256. The summed E-state index contributed by atoms with van der Waals surface area (Å²) < 4.78 is 46.7. The molecule has 1 atom stereocenters. The number of nitrogens with one attached hydrogen (secondary N) is 3. The van der Waals surface area contributed by atoms with Crippen molar-refractivity contribution in [3.8, 4) is 23.0 Å². The van der Waals surface area contributed by atoms with Crippen molar-refractivity contribution in [2.45, 2.75) is 31.2 Å². The van der Waals surface area contributed by atoms with Gasteiger partial charge in [0.1, 0.15) is 29.8 Å². The molecule has 2 aromatic carbocycles. The van der Waals surface area contributed by atoms with E-state index in [2.05, 4.69) is 32.2 Å². The van der Waals surface area contributed by atoms with E-state index in [9.17, 15) is 28.2 Å². The largest absolute Gasteiger partial charge is 0.494 e. The van der Waals surface area contributed by atoms with Crippen LogP contribution < -0.4 is 15.6 Å². The zero-order chi connectivity index (χ0) is 31.2. The number of aliphatic hydroxyl groups excluding tert-OH is 1. The number of hydrogen-bond donors (Lipinski definition) is 5. The van der Waals surface area contributed by atoms with Crippen LogP contribution in [0.15, 0.2) is 53.6 Å². The fraction of sp³-hybridized carbons (Fsp3) is 0.333. The van der Waals surface area contributed by atoms with E-state index in [1.54, 1.807) is 12.1 Å². The number of aromatic hydroxyl groups is 1. The predicted molar refractivity (Wildman–Crippen MR) is 162 cm³/mol. The maximum atomic E-state index is 13.1. The van der Waals surface area contributed by atoms with Crippen LogP contribution in [-0.2, 0) is 6.18 Å². The van der Waals surface area contributed by atoms with E-state index in [4.69, 9.17) is 16.3 Å². The van der Waals surface area contributed by atoms with Gasteiger partial charge in [-0.2, -0.15) is 13.2 Å². The lowest BCUT2D eigenvalue weighted by Crippen LogP contribution is -2.31. The molecule has 0 amide bonds. The number of likely N-dealkylation sites (tertiary alicyclic amines) is 1. The van der Waals surface area contributed by atoms with Crippen LogP contribution in [0.4, 0.5) is 18.9 Å². The molecule has 0 saturated carbocycles. The van der Waals surface area contributed by atoms with Crippen molar-refractivity contribution in [3.05, 3.63) is 69.7 Å². The van der Waals surface area contributed by atoms with Gasteiger partial charge in [-0.05, 0) is 63.3 Å². The van der Waals surface area contributed by atoms with Crippen molar-refractivity contribution in [3.63, 3.8) is 0 Å². The lowest BCUT2D eigenvalue weighted by Gasteiger charge is -2.30. The van der Waals surface area contributed by atoms with Crippen LogP contribution in [0.25, 0.3) is 33.2 Å². The maximum Gasteiger partial charge on any atom is 0.417 e. The highest BCUT2D eigenvalue weighted by Crippen LogP contribution is 2.39. The third kappa shape index (κ3) is 5.82. The Morgan fingerprint density at radius 1 is 1.23 bits per heavy atom. The van der Waals surface area contributed by atoms with E-state index in [-0.39, 0.29) is 42.2 Å². The minimum atomic E-state index is -4.64. The van der Waals surface area contributed by atoms with E-state index in [1.807, 2.05) is 16.8 Å². The molecule has 232 valence electrons. The molecule has 44 heavy (non-hydrogen) atoms. The first-order chi connectivity index (χ1) is 21.0.